The monoisotopic (exact) mass is 601 g/mol. The SMILES string of the molecule is CC(C)(C)OC(=O)N[C@@H](Cc1ccccc1)CS(=O)(=O)N[C@@H](Cc1ccccc1)CS(=O)(=O)NCc1ccccc1. The Morgan fingerprint density at radius 1 is 0.683 bits per heavy atom. The lowest BCUT2D eigenvalue weighted by atomic mass is 10.1. The fourth-order valence-electron chi connectivity index (χ4n) is 4.24. The van der Waals surface area contributed by atoms with Crippen LogP contribution in [-0.4, -0.2) is 52.1 Å². The molecule has 3 aromatic carbocycles. The fraction of sp³-hybridized carbons (Fsp3) is 0.367. The van der Waals surface area contributed by atoms with E-state index in [1.807, 2.05) is 78.9 Å². The van der Waals surface area contributed by atoms with Crippen LogP contribution in [0.25, 0.3) is 0 Å². The molecule has 3 rings (SSSR count). The molecule has 0 unspecified atom stereocenters. The van der Waals surface area contributed by atoms with Gasteiger partial charge in [0, 0.05) is 12.6 Å². The van der Waals surface area contributed by atoms with Gasteiger partial charge in [-0.2, -0.15) is 0 Å². The van der Waals surface area contributed by atoms with Crippen LogP contribution in [0.4, 0.5) is 4.79 Å². The van der Waals surface area contributed by atoms with Crippen LogP contribution in [0.3, 0.4) is 0 Å². The zero-order chi connectivity index (χ0) is 29.9. The summed E-state index contributed by atoms with van der Waals surface area (Å²) in [7, 11) is -7.92. The molecule has 11 heteroatoms. The van der Waals surface area contributed by atoms with Gasteiger partial charge in [0.1, 0.15) is 5.60 Å². The summed E-state index contributed by atoms with van der Waals surface area (Å²) in [5, 5.41) is 2.68. The van der Waals surface area contributed by atoms with Gasteiger partial charge in [-0.1, -0.05) is 91.0 Å². The number of benzene rings is 3. The molecule has 2 atom stereocenters. The Labute approximate surface area is 243 Å². The molecule has 0 aliphatic rings. The van der Waals surface area contributed by atoms with Crippen molar-refractivity contribution in [1.29, 1.82) is 0 Å². The third-order valence-electron chi connectivity index (χ3n) is 5.90. The first-order valence-corrected chi connectivity index (χ1v) is 16.7. The Morgan fingerprint density at radius 3 is 1.61 bits per heavy atom. The van der Waals surface area contributed by atoms with Crippen LogP contribution in [0, 0.1) is 0 Å². The standard InChI is InChI=1S/C30H39N3O6S2/c1-30(2,3)39-29(34)32-27(19-24-13-7-4-8-14-24)22-41(37,38)33-28(20-25-15-9-5-10-16-25)23-40(35,36)31-21-26-17-11-6-12-18-26/h4-18,27-28,31,33H,19-23H2,1-3H3,(H,32,34)/t27-,28-/m0/s1. The van der Waals surface area contributed by atoms with Gasteiger partial charge in [0.05, 0.1) is 17.5 Å². The van der Waals surface area contributed by atoms with E-state index in [-0.39, 0.29) is 19.4 Å². The fourth-order valence-corrected chi connectivity index (χ4v) is 7.08. The van der Waals surface area contributed by atoms with Crippen molar-refractivity contribution in [3.05, 3.63) is 108 Å². The van der Waals surface area contributed by atoms with E-state index in [1.54, 1.807) is 32.9 Å². The van der Waals surface area contributed by atoms with Crippen molar-refractivity contribution in [1.82, 2.24) is 14.8 Å². The van der Waals surface area contributed by atoms with Crippen LogP contribution in [0.15, 0.2) is 91.0 Å². The number of hydrogen-bond acceptors (Lipinski definition) is 6. The molecule has 0 aromatic heterocycles. The molecule has 0 radical (unpaired) electrons. The quantitative estimate of drug-likeness (QED) is 0.258. The van der Waals surface area contributed by atoms with Gasteiger partial charge in [0.2, 0.25) is 20.0 Å². The Hall–Kier alpha value is -3.25. The predicted octanol–water partition coefficient (Wildman–Crippen LogP) is 3.77. The highest BCUT2D eigenvalue weighted by Crippen LogP contribution is 2.12. The molecule has 0 saturated heterocycles. The molecule has 3 N–H and O–H groups in total. The maximum Gasteiger partial charge on any atom is 0.407 e. The summed E-state index contributed by atoms with van der Waals surface area (Å²) >= 11 is 0. The Bertz CT molecular complexity index is 1440. The average Bonchev–Trinajstić information content (AvgIpc) is 2.87. The zero-order valence-corrected chi connectivity index (χ0v) is 25.2. The van der Waals surface area contributed by atoms with Crippen molar-refractivity contribution in [2.45, 2.75) is 57.8 Å². The van der Waals surface area contributed by atoms with Crippen LogP contribution in [-0.2, 0) is 44.2 Å². The number of nitrogens with one attached hydrogen (secondary N) is 3. The highest BCUT2D eigenvalue weighted by atomic mass is 32.2. The second-order valence-corrected chi connectivity index (χ2v) is 14.6. The van der Waals surface area contributed by atoms with Crippen molar-refractivity contribution in [3.8, 4) is 0 Å². The highest BCUT2D eigenvalue weighted by molar-refractivity contribution is 7.90. The predicted molar refractivity (Wildman–Crippen MR) is 161 cm³/mol. The number of alkyl carbamates (subject to hydrolysis) is 1. The van der Waals surface area contributed by atoms with E-state index in [9.17, 15) is 21.6 Å². The summed E-state index contributed by atoms with van der Waals surface area (Å²) in [6.45, 7) is 5.25. The lowest BCUT2D eigenvalue weighted by molar-refractivity contribution is 0.0509. The number of carbonyl (C=O) groups excluding carboxylic acids is 1. The molecule has 0 aliphatic carbocycles. The summed E-state index contributed by atoms with van der Waals surface area (Å²) in [5.41, 5.74) is 1.64. The Balaban J connectivity index is 1.77. The zero-order valence-electron chi connectivity index (χ0n) is 23.6. The summed E-state index contributed by atoms with van der Waals surface area (Å²) < 4.78 is 63.4. The van der Waals surface area contributed by atoms with Crippen molar-refractivity contribution < 1.29 is 26.4 Å². The number of sulfonamides is 2. The Morgan fingerprint density at radius 2 is 1.12 bits per heavy atom. The minimum Gasteiger partial charge on any atom is -0.444 e. The molecule has 0 saturated carbocycles. The van der Waals surface area contributed by atoms with Gasteiger partial charge in [0.15, 0.2) is 0 Å². The molecule has 0 bridgehead atoms. The van der Waals surface area contributed by atoms with Gasteiger partial charge >= 0.3 is 6.09 Å². The number of ether oxygens (including phenoxy) is 1. The van der Waals surface area contributed by atoms with Gasteiger partial charge in [-0.05, 0) is 50.3 Å². The third-order valence-corrected chi connectivity index (χ3v) is 8.86. The summed E-state index contributed by atoms with van der Waals surface area (Å²) in [4.78, 5) is 12.5. The first kappa shape index (κ1) is 32.3. The number of carbonyl (C=O) groups is 1. The van der Waals surface area contributed by atoms with E-state index in [1.165, 1.54) is 0 Å². The topological polar surface area (TPSA) is 131 Å². The van der Waals surface area contributed by atoms with Crippen LogP contribution in [0.1, 0.15) is 37.5 Å². The first-order valence-electron chi connectivity index (χ1n) is 13.4. The van der Waals surface area contributed by atoms with Crippen molar-refractivity contribution in [2.75, 3.05) is 11.5 Å². The number of rotatable bonds is 14. The molecule has 1 amide bonds. The molecule has 41 heavy (non-hydrogen) atoms. The minimum atomic E-state index is -4.06. The highest BCUT2D eigenvalue weighted by Gasteiger charge is 2.28. The maximum absolute atomic E-state index is 13.4. The first-order chi connectivity index (χ1) is 19.3. The molecule has 3 aromatic rings. The molecule has 0 spiro atoms. The van der Waals surface area contributed by atoms with Gasteiger partial charge in [-0.15, -0.1) is 0 Å². The van der Waals surface area contributed by atoms with E-state index in [0.29, 0.717) is 0 Å². The van der Waals surface area contributed by atoms with Gasteiger partial charge < -0.3 is 10.1 Å². The van der Waals surface area contributed by atoms with Crippen molar-refractivity contribution in [3.63, 3.8) is 0 Å². The molecule has 0 heterocycles. The van der Waals surface area contributed by atoms with Crippen LogP contribution in [0.5, 0.6) is 0 Å². The number of amides is 1. The molecule has 9 nitrogen and oxygen atoms in total. The lowest BCUT2D eigenvalue weighted by Crippen LogP contribution is -2.49. The third kappa shape index (κ3) is 12.9. The van der Waals surface area contributed by atoms with Gasteiger partial charge in [0.25, 0.3) is 0 Å². The van der Waals surface area contributed by atoms with Gasteiger partial charge in [-0.3, -0.25) is 0 Å². The van der Waals surface area contributed by atoms with E-state index in [0.717, 1.165) is 16.7 Å². The van der Waals surface area contributed by atoms with E-state index < -0.39 is 55.3 Å². The Kier molecular flexibility index (Phi) is 11.5. The molecular weight excluding hydrogens is 562 g/mol. The molecule has 222 valence electrons. The largest absolute Gasteiger partial charge is 0.444 e. The van der Waals surface area contributed by atoms with Crippen molar-refractivity contribution in [2.24, 2.45) is 0 Å². The van der Waals surface area contributed by atoms with E-state index in [4.69, 9.17) is 4.74 Å². The van der Waals surface area contributed by atoms with Crippen LogP contribution < -0.4 is 14.8 Å². The maximum atomic E-state index is 13.4. The van der Waals surface area contributed by atoms with E-state index >= 15 is 0 Å². The molecule has 0 fully saturated rings. The smallest absolute Gasteiger partial charge is 0.407 e. The van der Waals surface area contributed by atoms with Crippen LogP contribution in [0.2, 0.25) is 0 Å². The normalized spacial score (nSPS) is 13.7. The van der Waals surface area contributed by atoms with E-state index in [2.05, 4.69) is 14.8 Å². The summed E-state index contributed by atoms with van der Waals surface area (Å²) in [6, 6.07) is 25.6. The number of hydrogen-bond donors (Lipinski definition) is 3. The summed E-state index contributed by atoms with van der Waals surface area (Å²) in [5.74, 6) is -0.930. The van der Waals surface area contributed by atoms with Crippen LogP contribution >= 0.6 is 0 Å². The minimum absolute atomic E-state index is 0.0902. The van der Waals surface area contributed by atoms with Gasteiger partial charge in [-0.25, -0.2) is 31.1 Å². The second-order valence-electron chi connectivity index (χ2n) is 10.9. The summed E-state index contributed by atoms with van der Waals surface area (Å²) in [6.07, 6.45) is -0.335. The lowest BCUT2D eigenvalue weighted by Gasteiger charge is -2.25. The molecular formula is C30H39N3O6S2. The van der Waals surface area contributed by atoms with Crippen molar-refractivity contribution >= 4 is 26.1 Å². The second kappa shape index (κ2) is 14.6. The molecule has 0 aliphatic heterocycles. The average molecular weight is 602 g/mol.